The first kappa shape index (κ1) is 19.8. The summed E-state index contributed by atoms with van der Waals surface area (Å²) in [7, 11) is 1.53. The first-order valence-corrected chi connectivity index (χ1v) is 9.69. The Balaban J connectivity index is 1.46. The molecule has 1 heterocycles. The molecule has 0 saturated heterocycles. The van der Waals surface area contributed by atoms with Crippen LogP contribution in [0, 0.1) is 0 Å². The van der Waals surface area contributed by atoms with Gasteiger partial charge in [-0.15, -0.1) is 0 Å². The number of rotatable bonds is 5. The normalized spacial score (nSPS) is 12.7. The van der Waals surface area contributed by atoms with Crippen LogP contribution in [-0.4, -0.2) is 25.5 Å². The summed E-state index contributed by atoms with van der Waals surface area (Å²) < 4.78 is 10.6. The fourth-order valence-electron chi connectivity index (χ4n) is 3.22. The number of hydrogen-bond acceptors (Lipinski definition) is 4. The van der Waals surface area contributed by atoms with Crippen molar-refractivity contribution in [3.05, 3.63) is 82.9 Å². The molecule has 0 atom stereocenters. The van der Waals surface area contributed by atoms with Gasteiger partial charge in [-0.3, -0.25) is 9.59 Å². The number of benzene rings is 3. The molecule has 3 aromatic carbocycles. The van der Waals surface area contributed by atoms with Gasteiger partial charge in [-0.25, -0.2) is 0 Å². The van der Waals surface area contributed by atoms with Gasteiger partial charge >= 0.3 is 0 Å². The number of anilines is 2. The van der Waals surface area contributed by atoms with Crippen LogP contribution < -0.4 is 19.7 Å². The van der Waals surface area contributed by atoms with Crippen LogP contribution in [0.3, 0.4) is 0 Å². The summed E-state index contributed by atoms with van der Waals surface area (Å²) in [4.78, 5) is 26.5. The van der Waals surface area contributed by atoms with E-state index in [1.807, 2.05) is 36.4 Å². The number of methoxy groups -OCH3 is 1. The van der Waals surface area contributed by atoms with E-state index in [4.69, 9.17) is 21.1 Å². The van der Waals surface area contributed by atoms with E-state index < -0.39 is 0 Å². The second-order valence-corrected chi connectivity index (χ2v) is 7.14. The average molecular weight is 423 g/mol. The smallest absolute Gasteiger partial charge is 0.265 e. The highest BCUT2D eigenvalue weighted by Crippen LogP contribution is 2.32. The van der Waals surface area contributed by atoms with Crippen LogP contribution in [0.25, 0.3) is 0 Å². The first-order chi connectivity index (χ1) is 14.5. The lowest BCUT2D eigenvalue weighted by Crippen LogP contribution is -2.38. The quantitative estimate of drug-likeness (QED) is 0.656. The van der Waals surface area contributed by atoms with Crippen molar-refractivity contribution in [2.75, 3.05) is 23.9 Å². The number of carbonyl (C=O) groups is 2. The second-order valence-electron chi connectivity index (χ2n) is 6.74. The molecule has 4 rings (SSSR count). The molecule has 0 aromatic heterocycles. The van der Waals surface area contributed by atoms with Gasteiger partial charge in [-0.1, -0.05) is 35.9 Å². The molecule has 152 valence electrons. The minimum Gasteiger partial charge on any atom is -0.495 e. The highest BCUT2D eigenvalue weighted by molar-refractivity contribution is 6.32. The van der Waals surface area contributed by atoms with Crippen LogP contribution in [0.1, 0.15) is 15.9 Å². The molecule has 0 saturated carbocycles. The van der Waals surface area contributed by atoms with Crippen molar-refractivity contribution >= 4 is 34.8 Å². The van der Waals surface area contributed by atoms with E-state index in [1.165, 1.54) is 7.11 Å². The molecule has 0 radical (unpaired) electrons. The summed E-state index contributed by atoms with van der Waals surface area (Å²) in [6, 6.07) is 19.6. The van der Waals surface area contributed by atoms with Crippen molar-refractivity contribution in [1.82, 2.24) is 0 Å². The predicted molar refractivity (Wildman–Crippen MR) is 116 cm³/mol. The Kier molecular flexibility index (Phi) is 5.59. The van der Waals surface area contributed by atoms with Crippen molar-refractivity contribution in [2.45, 2.75) is 6.54 Å². The lowest BCUT2D eigenvalue weighted by Gasteiger charge is -2.29. The van der Waals surface area contributed by atoms with E-state index in [0.29, 0.717) is 34.3 Å². The maximum absolute atomic E-state index is 12.5. The predicted octanol–water partition coefficient (Wildman–Crippen LogP) is 4.53. The second kappa shape index (κ2) is 8.47. The number of hydrogen-bond donors (Lipinski definition) is 1. The third-order valence-corrected chi connectivity index (χ3v) is 5.07. The molecule has 1 N–H and O–H groups in total. The van der Waals surface area contributed by atoms with Gasteiger partial charge in [0.25, 0.3) is 11.8 Å². The molecule has 0 fully saturated rings. The molecule has 0 aliphatic carbocycles. The molecule has 30 heavy (non-hydrogen) atoms. The number of ether oxygens (including phenoxy) is 2. The number of amides is 2. The summed E-state index contributed by atoms with van der Waals surface area (Å²) >= 11 is 6.10. The van der Waals surface area contributed by atoms with Crippen molar-refractivity contribution in [3.8, 4) is 11.5 Å². The molecular formula is C23H19ClN2O4. The number of halogens is 1. The molecular weight excluding hydrogens is 404 g/mol. The third kappa shape index (κ3) is 4.09. The van der Waals surface area contributed by atoms with Gasteiger partial charge in [-0.2, -0.15) is 0 Å². The molecule has 0 bridgehead atoms. The van der Waals surface area contributed by atoms with Gasteiger partial charge in [0.2, 0.25) is 0 Å². The van der Waals surface area contributed by atoms with Crippen LogP contribution in [0.2, 0.25) is 5.02 Å². The molecule has 6 nitrogen and oxygen atoms in total. The molecule has 1 aliphatic rings. The SMILES string of the molecule is COc1ccc(NC(=O)c2ccc(CN3C(=O)COc4ccccc43)cc2)cc1Cl. The fourth-order valence-corrected chi connectivity index (χ4v) is 3.48. The lowest BCUT2D eigenvalue weighted by molar-refractivity contribution is -0.121. The largest absolute Gasteiger partial charge is 0.495 e. The van der Waals surface area contributed by atoms with E-state index >= 15 is 0 Å². The number of fused-ring (bicyclic) bond motifs is 1. The zero-order valence-electron chi connectivity index (χ0n) is 16.2. The summed E-state index contributed by atoms with van der Waals surface area (Å²) in [5.74, 6) is 0.868. The monoisotopic (exact) mass is 422 g/mol. The molecule has 2 amide bonds. The Morgan fingerprint density at radius 1 is 1.13 bits per heavy atom. The summed E-state index contributed by atoms with van der Waals surface area (Å²) in [5, 5.41) is 3.23. The average Bonchev–Trinajstić information content (AvgIpc) is 2.76. The number of carbonyl (C=O) groups excluding carboxylic acids is 2. The van der Waals surface area contributed by atoms with E-state index in [1.54, 1.807) is 35.2 Å². The summed E-state index contributed by atoms with van der Waals surface area (Å²) in [5.41, 5.74) is 2.72. The van der Waals surface area contributed by atoms with Gasteiger partial charge in [0, 0.05) is 11.3 Å². The van der Waals surface area contributed by atoms with E-state index in [-0.39, 0.29) is 18.4 Å². The van der Waals surface area contributed by atoms with Gasteiger partial charge in [0.1, 0.15) is 11.5 Å². The first-order valence-electron chi connectivity index (χ1n) is 9.31. The fraction of sp³-hybridized carbons (Fsp3) is 0.130. The highest BCUT2D eigenvalue weighted by Gasteiger charge is 2.25. The van der Waals surface area contributed by atoms with Crippen LogP contribution in [-0.2, 0) is 11.3 Å². The van der Waals surface area contributed by atoms with Crippen LogP contribution in [0.5, 0.6) is 11.5 Å². The Hall–Kier alpha value is -3.51. The summed E-state index contributed by atoms with van der Waals surface area (Å²) in [6.45, 7) is 0.414. The molecule has 0 unspecified atom stereocenters. The third-order valence-electron chi connectivity index (χ3n) is 4.77. The van der Waals surface area contributed by atoms with Crippen molar-refractivity contribution in [3.63, 3.8) is 0 Å². The standard InChI is InChI=1S/C23H19ClN2O4/c1-29-20-11-10-17(12-18(20)24)25-23(28)16-8-6-15(7-9-16)13-26-19-4-2-3-5-21(19)30-14-22(26)27/h2-12H,13-14H2,1H3,(H,25,28). The van der Waals surface area contributed by atoms with E-state index in [0.717, 1.165) is 11.3 Å². The maximum atomic E-state index is 12.5. The maximum Gasteiger partial charge on any atom is 0.265 e. The summed E-state index contributed by atoms with van der Waals surface area (Å²) in [6.07, 6.45) is 0. The van der Waals surface area contributed by atoms with Crippen LogP contribution in [0.15, 0.2) is 66.7 Å². The molecule has 1 aliphatic heterocycles. The highest BCUT2D eigenvalue weighted by atomic mass is 35.5. The van der Waals surface area contributed by atoms with E-state index in [9.17, 15) is 9.59 Å². The minimum atomic E-state index is -0.254. The number of nitrogens with zero attached hydrogens (tertiary/aromatic N) is 1. The lowest BCUT2D eigenvalue weighted by atomic mass is 10.1. The molecule has 7 heteroatoms. The van der Waals surface area contributed by atoms with Crippen molar-refractivity contribution in [1.29, 1.82) is 0 Å². The molecule has 3 aromatic rings. The van der Waals surface area contributed by atoms with Crippen LogP contribution in [0.4, 0.5) is 11.4 Å². The van der Waals surface area contributed by atoms with Crippen molar-refractivity contribution < 1.29 is 19.1 Å². The van der Waals surface area contributed by atoms with E-state index in [2.05, 4.69) is 5.32 Å². The number of para-hydroxylation sites is 2. The van der Waals surface area contributed by atoms with Crippen LogP contribution >= 0.6 is 11.6 Å². The van der Waals surface area contributed by atoms with Gasteiger partial charge < -0.3 is 19.7 Å². The number of nitrogens with one attached hydrogen (secondary N) is 1. The molecule has 0 spiro atoms. The Bertz CT molecular complexity index is 1100. The Morgan fingerprint density at radius 3 is 2.63 bits per heavy atom. The van der Waals surface area contributed by atoms with Crippen molar-refractivity contribution in [2.24, 2.45) is 0 Å². The Labute approximate surface area is 179 Å². The van der Waals surface area contributed by atoms with Gasteiger partial charge in [0.05, 0.1) is 24.4 Å². The topological polar surface area (TPSA) is 67.9 Å². The zero-order valence-corrected chi connectivity index (χ0v) is 17.0. The zero-order chi connectivity index (χ0) is 21.1. The van der Waals surface area contributed by atoms with Gasteiger partial charge in [0.15, 0.2) is 6.61 Å². The minimum absolute atomic E-state index is 0.0158. The van der Waals surface area contributed by atoms with Gasteiger partial charge in [-0.05, 0) is 48.0 Å². The Morgan fingerprint density at radius 2 is 1.90 bits per heavy atom.